The Morgan fingerprint density at radius 3 is 2.96 bits per heavy atom. The van der Waals surface area contributed by atoms with Crippen LogP contribution in [0.25, 0.3) is 22.4 Å². The van der Waals surface area contributed by atoms with Crippen molar-refractivity contribution in [2.24, 2.45) is 11.7 Å². The molecule has 27 heavy (non-hydrogen) atoms. The average molecular weight is 389 g/mol. The van der Waals surface area contributed by atoms with Gasteiger partial charge in [-0.25, -0.2) is 14.4 Å². The number of hydrogen-bond donors (Lipinski definition) is 2. The van der Waals surface area contributed by atoms with Gasteiger partial charge in [-0.3, -0.25) is 5.10 Å². The van der Waals surface area contributed by atoms with Gasteiger partial charge in [0.1, 0.15) is 17.0 Å². The molecule has 1 aliphatic rings. The van der Waals surface area contributed by atoms with Crippen LogP contribution >= 0.6 is 11.6 Å². The van der Waals surface area contributed by atoms with E-state index in [-0.39, 0.29) is 5.02 Å². The van der Waals surface area contributed by atoms with E-state index in [1.807, 2.05) is 7.05 Å². The standard InChI is InChI=1S/C19H22ClFN6/c1-27(14-8-3-2-5-11(14)9-22)15-10-23-18-17(25-26-19(18)24-15)12-6-4-7-13(20)16(12)21/h4,6-7,10-11,14H,2-3,5,8-9,22H2,1H3,(H,24,25,26)/t11-,14+/m1/s1. The van der Waals surface area contributed by atoms with Gasteiger partial charge >= 0.3 is 0 Å². The molecule has 8 heteroatoms. The molecule has 2 aromatic heterocycles. The summed E-state index contributed by atoms with van der Waals surface area (Å²) in [4.78, 5) is 11.3. The van der Waals surface area contributed by atoms with E-state index in [2.05, 4.69) is 25.1 Å². The molecule has 0 amide bonds. The zero-order valence-electron chi connectivity index (χ0n) is 15.1. The van der Waals surface area contributed by atoms with Gasteiger partial charge in [0, 0.05) is 18.7 Å². The van der Waals surface area contributed by atoms with Crippen molar-refractivity contribution in [3.8, 4) is 11.3 Å². The summed E-state index contributed by atoms with van der Waals surface area (Å²) in [5, 5.41) is 7.15. The molecule has 142 valence electrons. The van der Waals surface area contributed by atoms with Gasteiger partial charge in [0.25, 0.3) is 0 Å². The Morgan fingerprint density at radius 2 is 2.15 bits per heavy atom. The van der Waals surface area contributed by atoms with E-state index < -0.39 is 5.82 Å². The second-order valence-electron chi connectivity index (χ2n) is 7.06. The highest BCUT2D eigenvalue weighted by atomic mass is 35.5. The summed E-state index contributed by atoms with van der Waals surface area (Å²) in [6, 6.07) is 5.17. The van der Waals surface area contributed by atoms with Gasteiger partial charge in [-0.05, 0) is 37.4 Å². The second kappa shape index (κ2) is 7.40. The van der Waals surface area contributed by atoms with E-state index in [1.165, 1.54) is 18.9 Å². The lowest BCUT2D eigenvalue weighted by Crippen LogP contribution is -2.43. The van der Waals surface area contributed by atoms with Crippen molar-refractivity contribution < 1.29 is 4.39 Å². The molecule has 3 aromatic rings. The highest BCUT2D eigenvalue weighted by Gasteiger charge is 2.28. The smallest absolute Gasteiger partial charge is 0.177 e. The number of anilines is 1. The van der Waals surface area contributed by atoms with Gasteiger partial charge in [-0.1, -0.05) is 30.5 Å². The van der Waals surface area contributed by atoms with Crippen LogP contribution < -0.4 is 10.6 Å². The summed E-state index contributed by atoms with van der Waals surface area (Å²) in [5.74, 6) is 0.706. The van der Waals surface area contributed by atoms with Crippen LogP contribution in [-0.4, -0.2) is 39.8 Å². The molecule has 2 atom stereocenters. The molecule has 1 fully saturated rings. The maximum Gasteiger partial charge on any atom is 0.177 e. The maximum absolute atomic E-state index is 14.4. The fraction of sp³-hybridized carbons (Fsp3) is 0.421. The zero-order valence-corrected chi connectivity index (χ0v) is 15.9. The Morgan fingerprint density at radius 1 is 1.33 bits per heavy atom. The Balaban J connectivity index is 1.69. The SMILES string of the molecule is CN(c1cnc2c(-c3cccc(Cl)c3F)n[nH]c2n1)[C@H]1CCCC[C@@H]1CN. The van der Waals surface area contributed by atoms with E-state index in [9.17, 15) is 4.39 Å². The van der Waals surface area contributed by atoms with Crippen molar-refractivity contribution in [3.63, 3.8) is 0 Å². The van der Waals surface area contributed by atoms with Crippen LogP contribution in [0.4, 0.5) is 10.2 Å². The molecule has 0 spiro atoms. The zero-order chi connectivity index (χ0) is 19.0. The van der Waals surface area contributed by atoms with Crippen LogP contribution in [0.5, 0.6) is 0 Å². The molecule has 1 aliphatic carbocycles. The summed E-state index contributed by atoms with van der Waals surface area (Å²) in [6.45, 7) is 0.674. The van der Waals surface area contributed by atoms with Gasteiger partial charge in [0.15, 0.2) is 11.5 Å². The summed E-state index contributed by atoms with van der Waals surface area (Å²) in [7, 11) is 2.03. The van der Waals surface area contributed by atoms with Crippen LogP contribution in [0.3, 0.4) is 0 Å². The number of fused-ring (bicyclic) bond motifs is 1. The van der Waals surface area contributed by atoms with E-state index in [1.54, 1.807) is 18.3 Å². The minimum Gasteiger partial charge on any atom is -0.355 e. The first kappa shape index (κ1) is 18.1. The van der Waals surface area contributed by atoms with Crippen LogP contribution in [0.1, 0.15) is 25.7 Å². The molecule has 0 saturated heterocycles. The van der Waals surface area contributed by atoms with Gasteiger partial charge in [0.05, 0.1) is 11.2 Å². The van der Waals surface area contributed by atoms with Crippen molar-refractivity contribution in [2.45, 2.75) is 31.7 Å². The second-order valence-corrected chi connectivity index (χ2v) is 7.46. The van der Waals surface area contributed by atoms with Gasteiger partial charge in [0.2, 0.25) is 0 Å². The van der Waals surface area contributed by atoms with Crippen LogP contribution in [0.2, 0.25) is 5.02 Å². The van der Waals surface area contributed by atoms with Crippen LogP contribution in [0.15, 0.2) is 24.4 Å². The Hall–Kier alpha value is -2.25. The molecule has 6 nitrogen and oxygen atoms in total. The molecular weight excluding hydrogens is 367 g/mol. The molecule has 4 rings (SSSR count). The molecule has 1 aromatic carbocycles. The lowest BCUT2D eigenvalue weighted by molar-refractivity contribution is 0.305. The van der Waals surface area contributed by atoms with Crippen LogP contribution in [-0.2, 0) is 0 Å². The third kappa shape index (κ3) is 3.26. The largest absolute Gasteiger partial charge is 0.355 e. The quantitative estimate of drug-likeness (QED) is 0.710. The number of nitrogens with two attached hydrogens (primary N) is 1. The van der Waals surface area contributed by atoms with E-state index in [0.29, 0.717) is 40.9 Å². The molecule has 1 saturated carbocycles. The fourth-order valence-electron chi connectivity index (χ4n) is 3.98. The normalized spacial score (nSPS) is 20.1. The lowest BCUT2D eigenvalue weighted by Gasteiger charge is -2.38. The first-order valence-electron chi connectivity index (χ1n) is 9.18. The number of halogens is 2. The average Bonchev–Trinajstić information content (AvgIpc) is 3.12. The predicted molar refractivity (Wildman–Crippen MR) is 105 cm³/mol. The molecule has 2 heterocycles. The van der Waals surface area contributed by atoms with Gasteiger partial charge in [-0.15, -0.1) is 0 Å². The first-order chi connectivity index (χ1) is 13.1. The van der Waals surface area contributed by atoms with E-state index in [0.717, 1.165) is 18.7 Å². The topological polar surface area (TPSA) is 83.7 Å². The van der Waals surface area contributed by atoms with Crippen molar-refractivity contribution in [1.29, 1.82) is 0 Å². The number of H-pyrrole nitrogens is 1. The lowest BCUT2D eigenvalue weighted by atomic mass is 9.84. The van der Waals surface area contributed by atoms with Crippen LogP contribution in [0, 0.1) is 11.7 Å². The molecular formula is C19H22ClFN6. The number of aromatic nitrogens is 4. The van der Waals surface area contributed by atoms with E-state index >= 15 is 0 Å². The molecule has 3 N–H and O–H groups in total. The molecule has 0 radical (unpaired) electrons. The maximum atomic E-state index is 14.4. The minimum atomic E-state index is -0.511. The Kier molecular flexibility index (Phi) is 4.97. The number of nitrogens with one attached hydrogen (secondary N) is 1. The van der Waals surface area contributed by atoms with Gasteiger partial charge < -0.3 is 10.6 Å². The summed E-state index contributed by atoms with van der Waals surface area (Å²) in [5.41, 5.74) is 7.72. The van der Waals surface area contributed by atoms with Crippen molar-refractivity contribution in [2.75, 3.05) is 18.5 Å². The molecule has 0 aliphatic heterocycles. The first-order valence-corrected chi connectivity index (χ1v) is 9.56. The Bertz CT molecular complexity index is 959. The third-order valence-corrected chi connectivity index (χ3v) is 5.79. The van der Waals surface area contributed by atoms with Crippen molar-refractivity contribution in [3.05, 3.63) is 35.2 Å². The summed E-state index contributed by atoms with van der Waals surface area (Å²) in [6.07, 6.45) is 6.38. The number of benzene rings is 1. The highest BCUT2D eigenvalue weighted by Crippen LogP contribution is 2.32. The summed E-state index contributed by atoms with van der Waals surface area (Å²) < 4.78 is 14.4. The van der Waals surface area contributed by atoms with Crippen molar-refractivity contribution in [1.82, 2.24) is 20.2 Å². The minimum absolute atomic E-state index is 0.0538. The number of rotatable bonds is 4. The van der Waals surface area contributed by atoms with Gasteiger partial charge in [-0.2, -0.15) is 5.10 Å². The number of nitrogens with zero attached hydrogens (tertiary/aromatic N) is 4. The fourth-order valence-corrected chi connectivity index (χ4v) is 4.15. The molecule has 0 bridgehead atoms. The van der Waals surface area contributed by atoms with E-state index in [4.69, 9.17) is 17.3 Å². The number of hydrogen-bond acceptors (Lipinski definition) is 5. The summed E-state index contributed by atoms with van der Waals surface area (Å²) >= 11 is 5.90. The molecule has 0 unspecified atom stereocenters. The predicted octanol–water partition coefficient (Wildman–Crippen LogP) is 3.77. The third-order valence-electron chi connectivity index (χ3n) is 5.49. The highest BCUT2D eigenvalue weighted by molar-refractivity contribution is 6.31. The monoisotopic (exact) mass is 388 g/mol. The van der Waals surface area contributed by atoms with Crippen molar-refractivity contribution >= 4 is 28.6 Å². The number of aromatic amines is 1. The Labute approximate surface area is 161 Å².